The molecule has 1 aliphatic heterocycles. The van der Waals surface area contributed by atoms with E-state index < -0.39 is 5.97 Å². The number of benzene rings is 1. The molecule has 0 radical (unpaired) electrons. The molecule has 0 atom stereocenters. The van der Waals surface area contributed by atoms with Crippen molar-refractivity contribution in [3.05, 3.63) is 29.3 Å². The third-order valence-electron chi connectivity index (χ3n) is 3.29. The molecule has 1 aliphatic rings. The number of carbonyl (C=O) groups excluding carboxylic acids is 2. The van der Waals surface area contributed by atoms with Crippen LogP contribution in [0.25, 0.3) is 0 Å². The SMILES string of the molecule is COC(=O)CN1C(=O)CCc2cc(CCN)ccc21. The number of esters is 1. The highest BCUT2D eigenvalue weighted by atomic mass is 16.5. The maximum Gasteiger partial charge on any atom is 0.325 e. The third-order valence-corrected chi connectivity index (χ3v) is 3.29. The van der Waals surface area contributed by atoms with Gasteiger partial charge in [-0.2, -0.15) is 0 Å². The molecular formula is C14H18N2O3. The molecule has 5 heteroatoms. The number of carbonyl (C=O) groups is 2. The number of nitrogens with zero attached hydrogens (tertiary/aromatic N) is 1. The molecule has 2 N–H and O–H groups in total. The summed E-state index contributed by atoms with van der Waals surface area (Å²) in [5.41, 5.74) is 8.60. The molecular weight excluding hydrogens is 244 g/mol. The van der Waals surface area contributed by atoms with E-state index in [2.05, 4.69) is 10.8 Å². The highest BCUT2D eigenvalue weighted by molar-refractivity contribution is 6.00. The van der Waals surface area contributed by atoms with Gasteiger partial charge in [-0.15, -0.1) is 0 Å². The van der Waals surface area contributed by atoms with E-state index in [1.165, 1.54) is 12.0 Å². The second-order valence-electron chi connectivity index (χ2n) is 4.56. The Bertz CT molecular complexity index is 499. The zero-order valence-corrected chi connectivity index (χ0v) is 11.0. The molecule has 0 saturated carbocycles. The van der Waals surface area contributed by atoms with Gasteiger partial charge in [-0.1, -0.05) is 12.1 Å². The van der Waals surface area contributed by atoms with Gasteiger partial charge in [0.15, 0.2) is 0 Å². The summed E-state index contributed by atoms with van der Waals surface area (Å²) in [6, 6.07) is 5.91. The Morgan fingerprint density at radius 2 is 2.21 bits per heavy atom. The Morgan fingerprint density at radius 1 is 1.42 bits per heavy atom. The minimum atomic E-state index is -0.410. The predicted octanol–water partition coefficient (Wildman–Crippen LogP) is 0.640. The van der Waals surface area contributed by atoms with E-state index in [9.17, 15) is 9.59 Å². The van der Waals surface area contributed by atoms with Crippen LogP contribution in [0, 0.1) is 0 Å². The van der Waals surface area contributed by atoms with Gasteiger partial charge in [-0.25, -0.2) is 0 Å². The van der Waals surface area contributed by atoms with Crippen LogP contribution in [-0.4, -0.2) is 32.1 Å². The van der Waals surface area contributed by atoms with Crippen molar-refractivity contribution in [1.82, 2.24) is 0 Å². The van der Waals surface area contributed by atoms with Crippen molar-refractivity contribution >= 4 is 17.6 Å². The van der Waals surface area contributed by atoms with Crippen molar-refractivity contribution in [2.75, 3.05) is 25.1 Å². The van der Waals surface area contributed by atoms with Crippen LogP contribution in [0.1, 0.15) is 17.5 Å². The van der Waals surface area contributed by atoms with Gasteiger partial charge in [0.2, 0.25) is 5.91 Å². The maximum atomic E-state index is 11.9. The van der Waals surface area contributed by atoms with Gasteiger partial charge in [-0.3, -0.25) is 9.59 Å². The first-order valence-corrected chi connectivity index (χ1v) is 6.34. The lowest BCUT2D eigenvalue weighted by atomic mass is 9.97. The fourth-order valence-corrected chi connectivity index (χ4v) is 2.30. The molecule has 0 saturated heterocycles. The van der Waals surface area contributed by atoms with Gasteiger partial charge in [0.05, 0.1) is 7.11 Å². The van der Waals surface area contributed by atoms with Crippen molar-refractivity contribution in [2.45, 2.75) is 19.3 Å². The van der Waals surface area contributed by atoms with E-state index >= 15 is 0 Å². The molecule has 0 unspecified atom stereocenters. The van der Waals surface area contributed by atoms with Gasteiger partial charge in [0.25, 0.3) is 0 Å². The van der Waals surface area contributed by atoms with Crippen LogP contribution in [-0.2, 0) is 27.2 Å². The third kappa shape index (κ3) is 2.93. The highest BCUT2D eigenvalue weighted by Gasteiger charge is 2.26. The van der Waals surface area contributed by atoms with Gasteiger partial charge < -0.3 is 15.4 Å². The van der Waals surface area contributed by atoms with Gasteiger partial charge in [0.1, 0.15) is 6.54 Å². The van der Waals surface area contributed by atoms with Crippen molar-refractivity contribution in [2.24, 2.45) is 5.73 Å². The summed E-state index contributed by atoms with van der Waals surface area (Å²) in [7, 11) is 1.32. The number of aryl methyl sites for hydroxylation is 1. The minimum absolute atomic E-state index is 0.0292. The Morgan fingerprint density at radius 3 is 2.89 bits per heavy atom. The van der Waals surface area contributed by atoms with Crippen molar-refractivity contribution in [3.63, 3.8) is 0 Å². The summed E-state index contributed by atoms with van der Waals surface area (Å²) < 4.78 is 4.63. The summed E-state index contributed by atoms with van der Waals surface area (Å²) in [5, 5.41) is 0. The van der Waals surface area contributed by atoms with Crippen molar-refractivity contribution in [3.8, 4) is 0 Å². The molecule has 0 aromatic heterocycles. The Hall–Kier alpha value is -1.88. The first-order valence-electron chi connectivity index (χ1n) is 6.34. The van der Waals surface area contributed by atoms with E-state index in [1.54, 1.807) is 0 Å². The minimum Gasteiger partial charge on any atom is -0.468 e. The number of methoxy groups -OCH3 is 1. The Labute approximate surface area is 112 Å². The van der Waals surface area contributed by atoms with E-state index in [4.69, 9.17) is 5.73 Å². The zero-order chi connectivity index (χ0) is 13.8. The number of amides is 1. The van der Waals surface area contributed by atoms with Gasteiger partial charge >= 0.3 is 5.97 Å². The van der Waals surface area contributed by atoms with Crippen LogP contribution in [0.2, 0.25) is 0 Å². The molecule has 0 spiro atoms. The van der Waals surface area contributed by atoms with Crippen LogP contribution >= 0.6 is 0 Å². The monoisotopic (exact) mass is 262 g/mol. The standard InChI is InChI=1S/C14H18N2O3/c1-19-14(18)9-16-12-4-2-10(6-7-15)8-11(12)3-5-13(16)17/h2,4,8H,3,5-7,9,15H2,1H3. The molecule has 1 aromatic carbocycles. The zero-order valence-electron chi connectivity index (χ0n) is 11.0. The van der Waals surface area contributed by atoms with E-state index in [0.29, 0.717) is 19.4 Å². The first-order chi connectivity index (χ1) is 9.15. The lowest BCUT2D eigenvalue weighted by Crippen LogP contribution is -2.39. The average Bonchev–Trinajstić information content (AvgIpc) is 2.42. The summed E-state index contributed by atoms with van der Waals surface area (Å²) >= 11 is 0. The van der Waals surface area contributed by atoms with Gasteiger partial charge in [-0.05, 0) is 36.6 Å². The lowest BCUT2D eigenvalue weighted by Gasteiger charge is -2.28. The topological polar surface area (TPSA) is 72.6 Å². The molecule has 1 amide bonds. The molecule has 2 rings (SSSR count). The molecule has 102 valence electrons. The normalized spacial score (nSPS) is 14.2. The Balaban J connectivity index is 2.28. The first kappa shape index (κ1) is 13.5. The van der Waals surface area contributed by atoms with Crippen LogP contribution in [0.5, 0.6) is 0 Å². The van der Waals surface area contributed by atoms with Crippen LogP contribution in [0.4, 0.5) is 5.69 Å². The summed E-state index contributed by atoms with van der Waals surface area (Å²) in [6.45, 7) is 0.572. The number of fused-ring (bicyclic) bond motifs is 1. The summed E-state index contributed by atoms with van der Waals surface area (Å²) in [4.78, 5) is 24.8. The molecule has 1 aromatic rings. The number of ether oxygens (including phenoxy) is 1. The fraction of sp³-hybridized carbons (Fsp3) is 0.429. The molecule has 5 nitrogen and oxygen atoms in total. The van der Waals surface area contributed by atoms with Gasteiger partial charge in [0, 0.05) is 12.1 Å². The molecule has 1 heterocycles. The number of anilines is 1. The van der Waals surface area contributed by atoms with Crippen molar-refractivity contribution in [1.29, 1.82) is 0 Å². The average molecular weight is 262 g/mol. The van der Waals surface area contributed by atoms with E-state index in [0.717, 1.165) is 23.2 Å². The summed E-state index contributed by atoms with van der Waals surface area (Å²) in [5.74, 6) is -0.447. The molecule has 0 fully saturated rings. The Kier molecular flexibility index (Phi) is 4.16. The van der Waals surface area contributed by atoms with Crippen LogP contribution < -0.4 is 10.6 Å². The predicted molar refractivity (Wildman–Crippen MR) is 71.9 cm³/mol. The second kappa shape index (κ2) is 5.84. The number of rotatable bonds is 4. The molecule has 0 bridgehead atoms. The van der Waals surface area contributed by atoms with Crippen LogP contribution in [0.3, 0.4) is 0 Å². The van der Waals surface area contributed by atoms with Crippen molar-refractivity contribution < 1.29 is 14.3 Å². The molecule has 0 aliphatic carbocycles. The second-order valence-corrected chi connectivity index (χ2v) is 4.56. The largest absolute Gasteiger partial charge is 0.468 e. The quantitative estimate of drug-likeness (QED) is 0.808. The maximum absolute atomic E-state index is 11.9. The molecule has 19 heavy (non-hydrogen) atoms. The lowest BCUT2D eigenvalue weighted by molar-refractivity contribution is -0.140. The number of hydrogen-bond acceptors (Lipinski definition) is 4. The van der Waals surface area contributed by atoms with Crippen LogP contribution in [0.15, 0.2) is 18.2 Å². The highest BCUT2D eigenvalue weighted by Crippen LogP contribution is 2.28. The fourth-order valence-electron chi connectivity index (χ4n) is 2.30. The summed E-state index contributed by atoms with van der Waals surface area (Å²) in [6.07, 6.45) is 1.96. The van der Waals surface area contributed by atoms with E-state index in [1.807, 2.05) is 12.1 Å². The smallest absolute Gasteiger partial charge is 0.325 e. The number of hydrogen-bond donors (Lipinski definition) is 1. The van der Waals surface area contributed by atoms with E-state index in [-0.39, 0.29) is 12.5 Å². The number of nitrogens with two attached hydrogens (primary N) is 1.